The third-order valence-corrected chi connectivity index (χ3v) is 6.09. The summed E-state index contributed by atoms with van der Waals surface area (Å²) in [5, 5.41) is 17.9. The number of aliphatic hydroxyl groups is 1. The second-order valence-electron chi connectivity index (χ2n) is 8.87. The van der Waals surface area contributed by atoms with Crippen molar-refractivity contribution in [3.8, 4) is 0 Å². The molecule has 30 heavy (non-hydrogen) atoms. The summed E-state index contributed by atoms with van der Waals surface area (Å²) in [6.45, 7) is 5.31. The van der Waals surface area contributed by atoms with E-state index in [0.29, 0.717) is 25.5 Å². The predicted octanol–water partition coefficient (Wildman–Crippen LogP) is 4.64. The van der Waals surface area contributed by atoms with E-state index in [4.69, 9.17) is 9.84 Å². The topological polar surface area (TPSA) is 87.1 Å². The molecule has 0 spiro atoms. The van der Waals surface area contributed by atoms with Gasteiger partial charge >= 0.3 is 11.9 Å². The molecular weight excluding hydrogens is 382 g/mol. The normalized spacial score (nSPS) is 18.0. The van der Waals surface area contributed by atoms with Crippen LogP contribution in [0.2, 0.25) is 0 Å². The number of carboxylic acid groups (broad SMARTS) is 1. The van der Waals surface area contributed by atoms with Gasteiger partial charge in [-0.2, -0.15) is 0 Å². The molecule has 0 aromatic heterocycles. The third kappa shape index (κ3) is 14.8. The second kappa shape index (κ2) is 17.5. The van der Waals surface area contributed by atoms with Crippen LogP contribution in [-0.4, -0.2) is 59.9 Å². The summed E-state index contributed by atoms with van der Waals surface area (Å²) in [4.78, 5) is 24.7. The monoisotopic (exact) mass is 427 g/mol. The van der Waals surface area contributed by atoms with Crippen molar-refractivity contribution in [3.05, 3.63) is 0 Å². The number of aliphatic hydroxyl groups excluding tert-OH is 1. The van der Waals surface area contributed by atoms with Crippen molar-refractivity contribution in [3.63, 3.8) is 0 Å². The lowest BCUT2D eigenvalue weighted by Gasteiger charge is -2.21. The lowest BCUT2D eigenvalue weighted by Crippen LogP contribution is -2.29. The fourth-order valence-electron chi connectivity index (χ4n) is 4.04. The molecule has 0 aliphatic heterocycles. The van der Waals surface area contributed by atoms with Gasteiger partial charge in [0.15, 0.2) is 0 Å². The first-order chi connectivity index (χ1) is 14.6. The van der Waals surface area contributed by atoms with E-state index >= 15 is 0 Å². The number of carbonyl (C=O) groups excluding carboxylic acids is 1. The first-order valence-corrected chi connectivity index (χ1v) is 12.3. The number of unbranched alkanes of at least 4 members (excludes halogenated alkanes) is 7. The molecular formula is C24H45NO5. The van der Waals surface area contributed by atoms with E-state index in [-0.39, 0.29) is 19.0 Å². The van der Waals surface area contributed by atoms with Crippen LogP contribution in [0.3, 0.4) is 0 Å². The lowest BCUT2D eigenvalue weighted by atomic mass is 10.1. The number of rotatable bonds is 21. The van der Waals surface area contributed by atoms with Gasteiger partial charge in [0.05, 0.1) is 13.2 Å². The summed E-state index contributed by atoms with van der Waals surface area (Å²) in [5.74, 6) is 0.562. The third-order valence-electron chi connectivity index (χ3n) is 6.09. The van der Waals surface area contributed by atoms with Crippen molar-refractivity contribution in [2.75, 3.05) is 32.8 Å². The van der Waals surface area contributed by atoms with Gasteiger partial charge in [0.1, 0.15) is 0 Å². The zero-order valence-corrected chi connectivity index (χ0v) is 19.2. The van der Waals surface area contributed by atoms with Crippen molar-refractivity contribution in [1.29, 1.82) is 0 Å². The van der Waals surface area contributed by atoms with E-state index in [1.165, 1.54) is 38.5 Å². The minimum absolute atomic E-state index is 0.0889. The average molecular weight is 428 g/mol. The molecule has 0 saturated heterocycles. The Labute approximate surface area is 183 Å². The first-order valence-electron chi connectivity index (χ1n) is 12.3. The highest BCUT2D eigenvalue weighted by molar-refractivity contribution is 5.69. The molecule has 176 valence electrons. The molecule has 1 aliphatic carbocycles. The van der Waals surface area contributed by atoms with Gasteiger partial charge in [-0.15, -0.1) is 0 Å². The quantitative estimate of drug-likeness (QED) is 0.205. The molecule has 6 heteroatoms. The van der Waals surface area contributed by atoms with E-state index in [1.807, 2.05) is 0 Å². The highest BCUT2D eigenvalue weighted by Gasteiger charge is 2.37. The molecule has 0 aromatic carbocycles. The summed E-state index contributed by atoms with van der Waals surface area (Å²) >= 11 is 0. The minimum atomic E-state index is -0.720. The van der Waals surface area contributed by atoms with E-state index in [2.05, 4.69) is 11.8 Å². The van der Waals surface area contributed by atoms with Gasteiger partial charge in [0.25, 0.3) is 0 Å². The smallest absolute Gasteiger partial charge is 0.305 e. The Kier molecular flexibility index (Phi) is 15.7. The maximum absolute atomic E-state index is 12.0. The Bertz CT molecular complexity index is 457. The highest BCUT2D eigenvalue weighted by atomic mass is 16.5. The van der Waals surface area contributed by atoms with Gasteiger partial charge in [-0.3, -0.25) is 9.59 Å². The van der Waals surface area contributed by atoms with E-state index in [9.17, 15) is 14.7 Å². The van der Waals surface area contributed by atoms with Crippen LogP contribution in [0.15, 0.2) is 0 Å². The Morgan fingerprint density at radius 1 is 0.867 bits per heavy atom. The van der Waals surface area contributed by atoms with E-state index in [0.717, 1.165) is 57.5 Å². The Hall–Kier alpha value is -1.14. The Balaban J connectivity index is 2.00. The summed E-state index contributed by atoms with van der Waals surface area (Å²) < 4.78 is 5.47. The van der Waals surface area contributed by atoms with Crippen LogP contribution in [-0.2, 0) is 14.3 Å². The van der Waals surface area contributed by atoms with Crippen molar-refractivity contribution in [2.45, 2.75) is 96.8 Å². The molecule has 0 amide bonds. The Morgan fingerprint density at radius 3 is 2.30 bits per heavy atom. The largest absolute Gasteiger partial charge is 0.481 e. The molecule has 2 unspecified atom stereocenters. The van der Waals surface area contributed by atoms with Crippen LogP contribution in [0.1, 0.15) is 96.8 Å². The number of esters is 1. The maximum atomic E-state index is 12.0. The zero-order valence-electron chi connectivity index (χ0n) is 19.2. The first kappa shape index (κ1) is 26.9. The molecule has 0 bridgehead atoms. The predicted molar refractivity (Wildman–Crippen MR) is 119 cm³/mol. The molecule has 2 atom stereocenters. The van der Waals surface area contributed by atoms with Gasteiger partial charge in [-0.25, -0.2) is 0 Å². The van der Waals surface area contributed by atoms with Crippen LogP contribution in [0.25, 0.3) is 0 Å². The molecule has 0 aromatic rings. The van der Waals surface area contributed by atoms with Gasteiger partial charge in [0, 0.05) is 19.4 Å². The van der Waals surface area contributed by atoms with Gasteiger partial charge in [-0.05, 0) is 50.6 Å². The number of aliphatic carboxylic acids is 1. The molecule has 1 aliphatic rings. The fraction of sp³-hybridized carbons (Fsp3) is 0.917. The van der Waals surface area contributed by atoms with Crippen molar-refractivity contribution >= 4 is 11.9 Å². The van der Waals surface area contributed by atoms with Crippen LogP contribution in [0, 0.1) is 11.8 Å². The number of hydrogen-bond donors (Lipinski definition) is 2. The van der Waals surface area contributed by atoms with Crippen LogP contribution in [0.5, 0.6) is 0 Å². The van der Waals surface area contributed by atoms with E-state index in [1.54, 1.807) is 0 Å². The molecule has 1 saturated carbocycles. The van der Waals surface area contributed by atoms with Crippen LogP contribution < -0.4 is 0 Å². The van der Waals surface area contributed by atoms with Crippen molar-refractivity contribution < 1.29 is 24.5 Å². The molecule has 1 rings (SSSR count). The number of carbonyl (C=O) groups is 2. The average Bonchev–Trinajstić information content (AvgIpc) is 3.47. The highest BCUT2D eigenvalue weighted by Crippen LogP contribution is 2.42. The summed E-state index contributed by atoms with van der Waals surface area (Å²) in [5.41, 5.74) is 0. The molecule has 0 radical (unpaired) electrons. The molecule has 2 N–H and O–H groups in total. The SMILES string of the molecule is CCCCCCC1CC1COC(=O)CCCN(CCO)CCCCCCCC(=O)O. The second-order valence-corrected chi connectivity index (χ2v) is 8.87. The van der Waals surface area contributed by atoms with Crippen molar-refractivity contribution in [2.24, 2.45) is 11.8 Å². The van der Waals surface area contributed by atoms with Gasteiger partial charge in [0.2, 0.25) is 0 Å². The lowest BCUT2D eigenvalue weighted by molar-refractivity contribution is -0.144. The number of hydrogen-bond acceptors (Lipinski definition) is 5. The summed E-state index contributed by atoms with van der Waals surface area (Å²) in [6.07, 6.45) is 14.1. The fourth-order valence-corrected chi connectivity index (χ4v) is 4.04. The van der Waals surface area contributed by atoms with Crippen LogP contribution in [0.4, 0.5) is 0 Å². The summed E-state index contributed by atoms with van der Waals surface area (Å²) in [7, 11) is 0. The van der Waals surface area contributed by atoms with Gasteiger partial charge in [-0.1, -0.05) is 58.3 Å². The summed E-state index contributed by atoms with van der Waals surface area (Å²) in [6, 6.07) is 0. The van der Waals surface area contributed by atoms with Crippen LogP contribution >= 0.6 is 0 Å². The number of nitrogens with zero attached hydrogens (tertiary/aromatic N) is 1. The van der Waals surface area contributed by atoms with Crippen molar-refractivity contribution in [1.82, 2.24) is 4.90 Å². The number of carboxylic acids is 1. The Morgan fingerprint density at radius 2 is 1.57 bits per heavy atom. The maximum Gasteiger partial charge on any atom is 0.305 e. The zero-order chi connectivity index (χ0) is 22.0. The van der Waals surface area contributed by atoms with E-state index < -0.39 is 5.97 Å². The molecule has 6 nitrogen and oxygen atoms in total. The molecule has 1 fully saturated rings. The van der Waals surface area contributed by atoms with Gasteiger partial charge < -0.3 is 19.8 Å². The standard InChI is InChI=1S/C24H45NO5/c1-2-3-4-8-12-21-19-22(21)20-30-24(29)14-11-16-25(17-18-26)15-10-7-5-6-9-13-23(27)28/h21-22,26H,2-20H2,1H3,(H,27,28). The minimum Gasteiger partial charge on any atom is -0.481 e. The molecule has 0 heterocycles. The number of ether oxygens (including phenoxy) is 1.